The van der Waals surface area contributed by atoms with Gasteiger partial charge in [0.1, 0.15) is 0 Å². The molecule has 108 valence electrons. The molecule has 0 fully saturated rings. The molecule has 0 aromatic heterocycles. The smallest absolute Gasteiger partial charge is 0.282 e. The number of hydrogen-bond acceptors (Lipinski definition) is 2. The molecule has 0 bridgehead atoms. The molecule has 4 heteroatoms. The summed E-state index contributed by atoms with van der Waals surface area (Å²) in [4.78, 5) is 0.0950. The lowest BCUT2D eigenvalue weighted by Crippen LogP contribution is -2.07. The highest BCUT2D eigenvalue weighted by molar-refractivity contribution is 7.85. The second kappa shape index (κ2) is 7.06. The van der Waals surface area contributed by atoms with E-state index < -0.39 is 10.1 Å². The van der Waals surface area contributed by atoms with Crippen molar-refractivity contribution in [1.29, 1.82) is 0 Å². The van der Waals surface area contributed by atoms with Gasteiger partial charge in [-0.1, -0.05) is 46.1 Å². The van der Waals surface area contributed by atoms with Crippen LogP contribution < -0.4 is 0 Å². The van der Waals surface area contributed by atoms with Gasteiger partial charge in [-0.3, -0.25) is 4.55 Å². The lowest BCUT2D eigenvalue weighted by atomic mass is 9.95. The maximum Gasteiger partial charge on any atom is 0.294 e. The molecule has 0 aliphatic heterocycles. The maximum atomic E-state index is 11.5. The summed E-state index contributed by atoms with van der Waals surface area (Å²) in [6.45, 7) is 6.20. The van der Waals surface area contributed by atoms with E-state index in [9.17, 15) is 13.0 Å². The first-order valence-corrected chi connectivity index (χ1v) is 8.50. The largest absolute Gasteiger partial charge is 0.294 e. The zero-order chi connectivity index (χ0) is 14.5. The minimum Gasteiger partial charge on any atom is -0.282 e. The third-order valence-corrected chi connectivity index (χ3v) is 4.15. The third-order valence-electron chi connectivity index (χ3n) is 3.22. The molecule has 0 amide bonds. The van der Waals surface area contributed by atoms with Crippen LogP contribution in [0, 0.1) is 0 Å². The van der Waals surface area contributed by atoms with Crippen LogP contribution in [0.15, 0.2) is 17.0 Å². The van der Waals surface area contributed by atoms with Gasteiger partial charge in [-0.25, -0.2) is 0 Å². The van der Waals surface area contributed by atoms with Gasteiger partial charge in [-0.05, 0) is 42.0 Å². The number of aryl methyl sites for hydroxylation is 3. The van der Waals surface area contributed by atoms with Gasteiger partial charge in [0.15, 0.2) is 0 Å². The zero-order valence-corrected chi connectivity index (χ0v) is 12.9. The number of hydrogen-bond donors (Lipinski definition) is 1. The Bertz CT molecular complexity index is 518. The second-order valence-electron chi connectivity index (χ2n) is 4.95. The molecule has 3 nitrogen and oxygen atoms in total. The van der Waals surface area contributed by atoms with Gasteiger partial charge < -0.3 is 0 Å². The van der Waals surface area contributed by atoms with Crippen LogP contribution in [-0.4, -0.2) is 13.0 Å². The highest BCUT2D eigenvalue weighted by Gasteiger charge is 2.18. The molecule has 0 atom stereocenters. The summed E-state index contributed by atoms with van der Waals surface area (Å²) >= 11 is 0. The van der Waals surface area contributed by atoms with E-state index in [0.29, 0.717) is 6.42 Å². The Balaban J connectivity index is 3.40. The molecule has 0 saturated carbocycles. The van der Waals surface area contributed by atoms with Crippen molar-refractivity contribution >= 4 is 10.1 Å². The average Bonchev–Trinajstić information content (AvgIpc) is 2.31. The van der Waals surface area contributed by atoms with E-state index in [1.807, 2.05) is 13.0 Å². The summed E-state index contributed by atoms with van der Waals surface area (Å²) in [6, 6.07) is 3.65. The number of benzene rings is 1. The van der Waals surface area contributed by atoms with Crippen molar-refractivity contribution in [2.75, 3.05) is 0 Å². The molecular formula is C15H24O3S. The van der Waals surface area contributed by atoms with Gasteiger partial charge in [0.25, 0.3) is 10.1 Å². The van der Waals surface area contributed by atoms with Crippen molar-refractivity contribution < 1.29 is 13.0 Å². The van der Waals surface area contributed by atoms with Crippen LogP contribution in [0.5, 0.6) is 0 Å². The Hall–Kier alpha value is -0.870. The summed E-state index contributed by atoms with van der Waals surface area (Å²) in [5.74, 6) is 0. The molecule has 0 heterocycles. The van der Waals surface area contributed by atoms with Crippen LogP contribution in [-0.2, 0) is 29.4 Å². The minimum absolute atomic E-state index is 0.0950. The first kappa shape index (κ1) is 16.2. The van der Waals surface area contributed by atoms with Gasteiger partial charge in [0.2, 0.25) is 0 Å². The highest BCUT2D eigenvalue weighted by Crippen LogP contribution is 2.25. The fourth-order valence-electron chi connectivity index (χ4n) is 2.43. The maximum absolute atomic E-state index is 11.5. The van der Waals surface area contributed by atoms with E-state index in [4.69, 9.17) is 0 Å². The Morgan fingerprint density at radius 1 is 0.842 bits per heavy atom. The highest BCUT2D eigenvalue weighted by atomic mass is 32.2. The minimum atomic E-state index is -4.13. The topological polar surface area (TPSA) is 54.4 Å². The first-order valence-electron chi connectivity index (χ1n) is 7.06. The fourth-order valence-corrected chi connectivity index (χ4v) is 3.21. The summed E-state index contributed by atoms with van der Waals surface area (Å²) in [6.07, 6.45) is 5.35. The molecular weight excluding hydrogens is 260 g/mol. The van der Waals surface area contributed by atoms with E-state index in [0.717, 1.165) is 43.2 Å². The predicted octanol–water partition coefficient (Wildman–Crippen LogP) is 3.79. The first-order chi connectivity index (χ1) is 8.93. The molecule has 0 radical (unpaired) electrons. The number of rotatable bonds is 7. The van der Waals surface area contributed by atoms with Crippen molar-refractivity contribution in [2.24, 2.45) is 0 Å². The van der Waals surface area contributed by atoms with E-state index in [1.165, 1.54) is 5.56 Å². The summed E-state index contributed by atoms with van der Waals surface area (Å²) in [5.41, 5.74) is 3.02. The van der Waals surface area contributed by atoms with E-state index in [2.05, 4.69) is 13.8 Å². The monoisotopic (exact) mass is 284 g/mol. The Morgan fingerprint density at radius 3 is 1.68 bits per heavy atom. The van der Waals surface area contributed by atoms with Gasteiger partial charge in [0, 0.05) is 0 Å². The zero-order valence-electron chi connectivity index (χ0n) is 12.1. The molecule has 0 unspecified atom stereocenters. The lowest BCUT2D eigenvalue weighted by molar-refractivity contribution is 0.481. The van der Waals surface area contributed by atoms with Crippen LogP contribution in [0.4, 0.5) is 0 Å². The van der Waals surface area contributed by atoms with Crippen LogP contribution >= 0.6 is 0 Å². The molecule has 0 aliphatic carbocycles. The lowest BCUT2D eigenvalue weighted by Gasteiger charge is -2.14. The summed E-state index contributed by atoms with van der Waals surface area (Å²) in [5, 5.41) is 0. The predicted molar refractivity (Wildman–Crippen MR) is 78.2 cm³/mol. The normalized spacial score (nSPS) is 11.8. The van der Waals surface area contributed by atoms with E-state index >= 15 is 0 Å². The molecule has 1 N–H and O–H groups in total. The average molecular weight is 284 g/mol. The van der Waals surface area contributed by atoms with Gasteiger partial charge >= 0.3 is 0 Å². The van der Waals surface area contributed by atoms with Gasteiger partial charge in [-0.2, -0.15) is 8.42 Å². The standard InChI is InChI=1S/C15H24O3S/c1-4-7-12-10-14(9-6-3)15(19(16,17)18)11-13(12)8-5-2/h10-11H,4-9H2,1-3H3,(H,16,17,18). The van der Waals surface area contributed by atoms with Crippen LogP contribution in [0.2, 0.25) is 0 Å². The Labute approximate surface area is 116 Å². The molecule has 1 aromatic carbocycles. The quantitative estimate of drug-likeness (QED) is 0.775. The van der Waals surface area contributed by atoms with E-state index in [-0.39, 0.29) is 4.90 Å². The van der Waals surface area contributed by atoms with Crippen LogP contribution in [0.3, 0.4) is 0 Å². The van der Waals surface area contributed by atoms with Crippen molar-refractivity contribution in [3.8, 4) is 0 Å². The second-order valence-corrected chi connectivity index (χ2v) is 6.34. The van der Waals surface area contributed by atoms with Crippen molar-refractivity contribution in [2.45, 2.75) is 64.2 Å². The summed E-state index contributed by atoms with van der Waals surface area (Å²) in [7, 11) is -4.13. The van der Waals surface area contributed by atoms with Crippen LogP contribution in [0.25, 0.3) is 0 Å². The van der Waals surface area contributed by atoms with Crippen molar-refractivity contribution in [3.63, 3.8) is 0 Å². The van der Waals surface area contributed by atoms with E-state index in [1.54, 1.807) is 6.07 Å². The fraction of sp³-hybridized carbons (Fsp3) is 0.600. The Morgan fingerprint density at radius 2 is 1.26 bits per heavy atom. The van der Waals surface area contributed by atoms with Crippen molar-refractivity contribution in [1.82, 2.24) is 0 Å². The molecule has 1 aromatic rings. The van der Waals surface area contributed by atoms with Gasteiger partial charge in [-0.15, -0.1) is 0 Å². The molecule has 0 saturated heterocycles. The molecule has 0 spiro atoms. The molecule has 1 rings (SSSR count). The Kier molecular flexibility index (Phi) is 6.01. The summed E-state index contributed by atoms with van der Waals surface area (Å²) < 4.78 is 32.4. The molecule has 0 aliphatic rings. The van der Waals surface area contributed by atoms with Crippen LogP contribution in [0.1, 0.15) is 56.7 Å². The SMILES string of the molecule is CCCc1cc(CCC)c(S(=O)(=O)O)cc1CCC. The van der Waals surface area contributed by atoms with Crippen molar-refractivity contribution in [3.05, 3.63) is 28.8 Å². The third kappa shape index (κ3) is 4.32. The van der Waals surface area contributed by atoms with Gasteiger partial charge in [0.05, 0.1) is 4.90 Å². The molecule has 19 heavy (non-hydrogen) atoms.